The molecule has 0 aliphatic heterocycles. The third kappa shape index (κ3) is 4.04. The van der Waals surface area contributed by atoms with Crippen LogP contribution in [0.5, 0.6) is 0 Å². The number of benzene rings is 2. The highest BCUT2D eigenvalue weighted by atomic mass is 16.5. The molecule has 0 bridgehead atoms. The number of hydrogen-bond donors (Lipinski definition) is 1. The number of aliphatic hydroxyl groups is 1. The van der Waals surface area contributed by atoms with E-state index in [1.807, 2.05) is 76.2 Å². The Balaban J connectivity index is 2.35. The Morgan fingerprint density at radius 2 is 1.46 bits per heavy atom. The van der Waals surface area contributed by atoms with E-state index >= 15 is 0 Å². The molecule has 0 aliphatic carbocycles. The maximum Gasteiger partial charge on any atom is 0.338 e. The van der Waals surface area contributed by atoms with Crippen LogP contribution < -0.4 is 0 Å². The lowest BCUT2D eigenvalue weighted by molar-refractivity contribution is -0.0800. The second-order valence-corrected chi connectivity index (χ2v) is 7.07. The molecule has 2 aromatic rings. The van der Waals surface area contributed by atoms with Gasteiger partial charge in [-0.05, 0) is 23.6 Å². The maximum atomic E-state index is 12.6. The second-order valence-electron chi connectivity index (χ2n) is 7.07. The van der Waals surface area contributed by atoms with Gasteiger partial charge in [-0.1, -0.05) is 76.2 Å². The minimum Gasteiger partial charge on any atom is -0.453 e. The van der Waals surface area contributed by atoms with Crippen molar-refractivity contribution in [1.29, 1.82) is 0 Å². The van der Waals surface area contributed by atoms with E-state index in [1.54, 1.807) is 12.1 Å². The van der Waals surface area contributed by atoms with Crippen molar-refractivity contribution in [3.8, 4) is 0 Å². The van der Waals surface area contributed by atoms with Crippen LogP contribution >= 0.6 is 0 Å². The summed E-state index contributed by atoms with van der Waals surface area (Å²) in [6, 6.07) is 18.5. The van der Waals surface area contributed by atoms with E-state index in [0.717, 1.165) is 5.56 Å². The molecule has 2 atom stereocenters. The van der Waals surface area contributed by atoms with Crippen molar-refractivity contribution in [1.82, 2.24) is 0 Å². The van der Waals surface area contributed by atoms with Crippen LogP contribution in [0.4, 0.5) is 0 Å². The first kappa shape index (κ1) is 18.2. The number of esters is 1. The van der Waals surface area contributed by atoms with Gasteiger partial charge in [-0.3, -0.25) is 0 Å². The van der Waals surface area contributed by atoms with Crippen molar-refractivity contribution in [3.63, 3.8) is 0 Å². The Hall–Kier alpha value is -2.13. The molecule has 0 aromatic heterocycles. The molecule has 0 fully saturated rings. The van der Waals surface area contributed by atoms with E-state index < -0.39 is 17.6 Å². The number of carbonyl (C=O) groups excluding carboxylic acids is 1. The lowest BCUT2D eigenvalue weighted by Gasteiger charge is -2.39. The fourth-order valence-corrected chi connectivity index (χ4v) is 3.04. The van der Waals surface area contributed by atoms with Gasteiger partial charge in [-0.25, -0.2) is 4.79 Å². The molecule has 0 aliphatic rings. The standard InChI is InChI=1S/C21H26O3/c1-15(2)18(22)21(3,4)19(16-11-7-5-8-12-16)24-20(23)17-13-9-6-10-14-17/h5-15,18-19,22H,1-4H3/t18-,19-/m1/s1. The summed E-state index contributed by atoms with van der Waals surface area (Å²) in [5.74, 6) is -0.324. The molecule has 0 saturated heterocycles. The van der Waals surface area contributed by atoms with E-state index in [2.05, 4.69) is 0 Å². The molecule has 3 heteroatoms. The summed E-state index contributed by atoms with van der Waals surface area (Å²) in [5.41, 5.74) is 0.764. The maximum absolute atomic E-state index is 12.6. The molecule has 2 rings (SSSR count). The van der Waals surface area contributed by atoms with Crippen molar-refractivity contribution in [2.75, 3.05) is 0 Å². The number of aliphatic hydroxyl groups excluding tert-OH is 1. The molecule has 0 radical (unpaired) electrons. The topological polar surface area (TPSA) is 46.5 Å². The molecule has 24 heavy (non-hydrogen) atoms. The van der Waals surface area contributed by atoms with Crippen molar-refractivity contribution in [3.05, 3.63) is 71.8 Å². The quantitative estimate of drug-likeness (QED) is 0.787. The van der Waals surface area contributed by atoms with Crippen LogP contribution in [-0.4, -0.2) is 17.2 Å². The van der Waals surface area contributed by atoms with Crippen molar-refractivity contribution >= 4 is 5.97 Å². The zero-order chi connectivity index (χ0) is 17.7. The molecule has 3 nitrogen and oxygen atoms in total. The number of ether oxygens (including phenoxy) is 1. The number of carbonyl (C=O) groups is 1. The molecule has 0 unspecified atom stereocenters. The van der Waals surface area contributed by atoms with E-state index in [9.17, 15) is 9.90 Å². The Bertz CT molecular complexity index is 647. The molecule has 128 valence electrons. The highest BCUT2D eigenvalue weighted by molar-refractivity contribution is 5.89. The van der Waals surface area contributed by atoms with Crippen LogP contribution in [0.15, 0.2) is 60.7 Å². The van der Waals surface area contributed by atoms with E-state index in [1.165, 1.54) is 0 Å². The summed E-state index contributed by atoms with van der Waals surface area (Å²) in [6.07, 6.45) is -1.14. The second kappa shape index (κ2) is 7.63. The number of hydrogen-bond acceptors (Lipinski definition) is 3. The zero-order valence-electron chi connectivity index (χ0n) is 14.8. The predicted molar refractivity (Wildman–Crippen MR) is 95.7 cm³/mol. The smallest absolute Gasteiger partial charge is 0.338 e. The Morgan fingerprint density at radius 3 is 1.96 bits per heavy atom. The molecule has 1 N–H and O–H groups in total. The van der Waals surface area contributed by atoms with Crippen LogP contribution in [0.3, 0.4) is 0 Å². The highest BCUT2D eigenvalue weighted by Gasteiger charge is 2.41. The van der Waals surface area contributed by atoms with E-state index in [4.69, 9.17) is 4.74 Å². The van der Waals surface area contributed by atoms with Gasteiger partial charge in [0.2, 0.25) is 0 Å². The van der Waals surface area contributed by atoms with Crippen molar-refractivity contribution < 1.29 is 14.6 Å². The van der Waals surface area contributed by atoms with Gasteiger partial charge < -0.3 is 9.84 Å². The summed E-state index contributed by atoms with van der Waals surface area (Å²) in [4.78, 5) is 12.6. The van der Waals surface area contributed by atoms with Crippen LogP contribution in [0.1, 0.15) is 49.7 Å². The minimum atomic E-state index is -0.625. The van der Waals surface area contributed by atoms with Crippen LogP contribution in [-0.2, 0) is 4.74 Å². The summed E-state index contributed by atoms with van der Waals surface area (Å²) < 4.78 is 5.86. The van der Waals surface area contributed by atoms with Gasteiger partial charge in [0.25, 0.3) is 0 Å². The van der Waals surface area contributed by atoms with Crippen molar-refractivity contribution in [2.45, 2.75) is 39.9 Å². The lowest BCUT2D eigenvalue weighted by atomic mass is 9.74. The van der Waals surface area contributed by atoms with Gasteiger partial charge >= 0.3 is 5.97 Å². The molecule has 0 saturated carbocycles. The normalized spacial score (nSPS) is 14.2. The first-order valence-electron chi connectivity index (χ1n) is 8.33. The van der Waals surface area contributed by atoms with Crippen LogP contribution in [0.2, 0.25) is 0 Å². The largest absolute Gasteiger partial charge is 0.453 e. The average Bonchev–Trinajstić information content (AvgIpc) is 2.60. The van der Waals surface area contributed by atoms with E-state index in [0.29, 0.717) is 5.56 Å². The molecular weight excluding hydrogens is 300 g/mol. The lowest BCUT2D eigenvalue weighted by Crippen LogP contribution is -2.40. The van der Waals surface area contributed by atoms with Gasteiger partial charge in [-0.2, -0.15) is 0 Å². The molecular formula is C21H26O3. The first-order valence-corrected chi connectivity index (χ1v) is 8.33. The SMILES string of the molecule is CC(C)[C@@H](O)C(C)(C)[C@H](OC(=O)c1ccccc1)c1ccccc1. The third-order valence-electron chi connectivity index (χ3n) is 4.41. The third-order valence-corrected chi connectivity index (χ3v) is 4.41. The molecule has 0 amide bonds. The Labute approximate surface area is 144 Å². The van der Waals surface area contributed by atoms with E-state index in [-0.39, 0.29) is 11.9 Å². The van der Waals surface area contributed by atoms with Gasteiger partial charge in [-0.15, -0.1) is 0 Å². The number of rotatable bonds is 6. The molecule has 0 heterocycles. The van der Waals surface area contributed by atoms with Gasteiger partial charge in [0, 0.05) is 5.41 Å². The Kier molecular flexibility index (Phi) is 5.79. The Morgan fingerprint density at radius 1 is 0.958 bits per heavy atom. The minimum absolute atomic E-state index is 0.0571. The highest BCUT2D eigenvalue weighted by Crippen LogP contribution is 2.42. The van der Waals surface area contributed by atoms with Crippen molar-refractivity contribution in [2.24, 2.45) is 11.3 Å². The molecule has 0 spiro atoms. The van der Waals surface area contributed by atoms with Crippen LogP contribution in [0, 0.1) is 11.3 Å². The predicted octanol–water partition coefficient (Wildman–Crippen LogP) is 4.63. The van der Waals surface area contributed by atoms with Gasteiger partial charge in [0.1, 0.15) is 6.10 Å². The van der Waals surface area contributed by atoms with Gasteiger partial charge in [0.15, 0.2) is 0 Å². The van der Waals surface area contributed by atoms with Crippen LogP contribution in [0.25, 0.3) is 0 Å². The fourth-order valence-electron chi connectivity index (χ4n) is 3.04. The summed E-state index contributed by atoms with van der Waals surface area (Å²) in [6.45, 7) is 7.81. The zero-order valence-corrected chi connectivity index (χ0v) is 14.8. The monoisotopic (exact) mass is 326 g/mol. The fraction of sp³-hybridized carbons (Fsp3) is 0.381. The molecule has 2 aromatic carbocycles. The first-order chi connectivity index (χ1) is 11.3. The summed E-state index contributed by atoms with van der Waals surface area (Å²) in [5, 5.41) is 10.7. The van der Waals surface area contributed by atoms with Gasteiger partial charge in [0.05, 0.1) is 11.7 Å². The summed E-state index contributed by atoms with van der Waals surface area (Å²) >= 11 is 0. The summed E-state index contributed by atoms with van der Waals surface area (Å²) in [7, 11) is 0. The average molecular weight is 326 g/mol.